The predicted octanol–water partition coefficient (Wildman–Crippen LogP) is 4.74. The van der Waals surface area contributed by atoms with E-state index in [1.165, 1.54) is 12.1 Å². The molecular weight excluding hydrogens is 449 g/mol. The molecule has 0 unspecified atom stereocenters. The number of carbonyl (C=O) groups excluding carboxylic acids is 2. The van der Waals surface area contributed by atoms with Crippen LogP contribution in [0.25, 0.3) is 16.9 Å². The summed E-state index contributed by atoms with van der Waals surface area (Å²) in [6.07, 6.45) is 1.27. The van der Waals surface area contributed by atoms with Crippen molar-refractivity contribution in [2.45, 2.75) is 59.1 Å². The number of rotatable bonds is 3. The van der Waals surface area contributed by atoms with Gasteiger partial charge in [0.25, 0.3) is 5.91 Å². The number of ether oxygens (including phenoxy) is 1. The fourth-order valence-electron chi connectivity index (χ4n) is 4.19. The van der Waals surface area contributed by atoms with Crippen LogP contribution in [0, 0.1) is 5.82 Å². The molecular formula is C26H32FN5O3. The zero-order chi connectivity index (χ0) is 25.5. The lowest BCUT2D eigenvalue weighted by Gasteiger charge is -2.40. The third-order valence-electron chi connectivity index (χ3n) is 5.98. The van der Waals surface area contributed by atoms with Gasteiger partial charge < -0.3 is 14.5 Å². The van der Waals surface area contributed by atoms with Crippen LogP contribution in [0.2, 0.25) is 0 Å². The van der Waals surface area contributed by atoms with Crippen LogP contribution >= 0.6 is 0 Å². The number of benzene rings is 1. The summed E-state index contributed by atoms with van der Waals surface area (Å²) in [6, 6.07) is 7.92. The summed E-state index contributed by atoms with van der Waals surface area (Å²) in [5, 5.41) is 4.64. The van der Waals surface area contributed by atoms with E-state index in [1.54, 1.807) is 32.6 Å². The summed E-state index contributed by atoms with van der Waals surface area (Å²) >= 11 is 0. The number of hydrogen-bond donors (Lipinski definition) is 0. The Kier molecular flexibility index (Phi) is 6.53. The van der Waals surface area contributed by atoms with Gasteiger partial charge in [0.2, 0.25) is 0 Å². The molecule has 0 radical (unpaired) electrons. The molecule has 0 saturated carbocycles. The summed E-state index contributed by atoms with van der Waals surface area (Å²) in [5.41, 5.74) is 2.75. The smallest absolute Gasteiger partial charge is 0.410 e. The number of amides is 2. The van der Waals surface area contributed by atoms with Gasteiger partial charge in [-0.25, -0.2) is 18.7 Å². The molecule has 4 rings (SSSR count). The topological polar surface area (TPSA) is 80.0 Å². The zero-order valence-electron chi connectivity index (χ0n) is 21.1. The molecule has 2 aromatic heterocycles. The Hall–Kier alpha value is -3.49. The van der Waals surface area contributed by atoms with Crippen molar-refractivity contribution in [2.24, 2.45) is 0 Å². The minimum absolute atomic E-state index is 0.141. The summed E-state index contributed by atoms with van der Waals surface area (Å²) in [4.78, 5) is 33.9. The van der Waals surface area contributed by atoms with Crippen LogP contribution in [-0.4, -0.2) is 67.7 Å². The largest absolute Gasteiger partial charge is 0.444 e. The maximum absolute atomic E-state index is 13.4. The van der Waals surface area contributed by atoms with Gasteiger partial charge in [-0.2, -0.15) is 5.10 Å². The van der Waals surface area contributed by atoms with Gasteiger partial charge in [0.15, 0.2) is 5.65 Å². The molecule has 3 aromatic rings. The minimum Gasteiger partial charge on any atom is -0.444 e. The van der Waals surface area contributed by atoms with Gasteiger partial charge >= 0.3 is 6.09 Å². The number of piperazine rings is 1. The molecule has 1 aliphatic heterocycles. The maximum atomic E-state index is 13.4. The van der Waals surface area contributed by atoms with Crippen LogP contribution in [-0.2, 0) is 4.74 Å². The molecule has 186 valence electrons. The first kappa shape index (κ1) is 24.6. The third kappa shape index (κ3) is 5.28. The average molecular weight is 482 g/mol. The summed E-state index contributed by atoms with van der Waals surface area (Å²) in [7, 11) is 0. The van der Waals surface area contributed by atoms with Crippen LogP contribution in [0.5, 0.6) is 0 Å². The van der Waals surface area contributed by atoms with E-state index in [0.717, 1.165) is 11.1 Å². The van der Waals surface area contributed by atoms with E-state index in [4.69, 9.17) is 4.74 Å². The van der Waals surface area contributed by atoms with Crippen LogP contribution < -0.4 is 0 Å². The van der Waals surface area contributed by atoms with Crippen molar-refractivity contribution in [3.8, 4) is 11.3 Å². The van der Waals surface area contributed by atoms with Gasteiger partial charge in [0.1, 0.15) is 17.1 Å². The molecule has 1 fully saturated rings. The van der Waals surface area contributed by atoms with Crippen molar-refractivity contribution >= 4 is 17.6 Å². The zero-order valence-corrected chi connectivity index (χ0v) is 21.1. The van der Waals surface area contributed by atoms with Crippen molar-refractivity contribution < 1.29 is 18.7 Å². The molecule has 0 spiro atoms. The molecule has 1 atom stereocenters. The predicted molar refractivity (Wildman–Crippen MR) is 131 cm³/mol. The Bertz CT molecular complexity index is 1250. The molecule has 8 nitrogen and oxygen atoms in total. The minimum atomic E-state index is -0.575. The van der Waals surface area contributed by atoms with E-state index >= 15 is 0 Å². The number of nitrogens with zero attached hydrogens (tertiary/aromatic N) is 5. The lowest BCUT2D eigenvalue weighted by atomic mass is 10.0. The molecule has 0 aliphatic carbocycles. The normalized spacial score (nSPS) is 16.7. The highest BCUT2D eigenvalue weighted by molar-refractivity contribution is 5.93. The van der Waals surface area contributed by atoms with Crippen LogP contribution in [0.3, 0.4) is 0 Å². The fourth-order valence-corrected chi connectivity index (χ4v) is 4.19. The second kappa shape index (κ2) is 9.28. The molecule has 1 aliphatic rings. The highest BCUT2D eigenvalue weighted by Gasteiger charge is 2.33. The molecule has 1 aromatic carbocycles. The number of aromatic nitrogens is 3. The van der Waals surface area contributed by atoms with Gasteiger partial charge in [-0.15, -0.1) is 0 Å². The number of fused-ring (bicyclic) bond motifs is 1. The van der Waals surface area contributed by atoms with E-state index in [0.29, 0.717) is 36.7 Å². The van der Waals surface area contributed by atoms with E-state index < -0.39 is 5.60 Å². The molecule has 0 bridgehead atoms. The first-order chi connectivity index (χ1) is 16.4. The van der Waals surface area contributed by atoms with Crippen molar-refractivity contribution in [2.75, 3.05) is 19.6 Å². The van der Waals surface area contributed by atoms with Gasteiger partial charge in [0.05, 0.1) is 11.9 Å². The van der Waals surface area contributed by atoms with Gasteiger partial charge in [-0.3, -0.25) is 4.79 Å². The highest BCUT2D eigenvalue weighted by Crippen LogP contribution is 2.26. The van der Waals surface area contributed by atoms with Gasteiger partial charge in [0, 0.05) is 36.8 Å². The lowest BCUT2D eigenvalue weighted by molar-refractivity contribution is 0.00191. The number of carbonyl (C=O) groups is 2. The SMILES string of the molecule is CC(C)c1cc(-c2ccc(F)cc2)nn2cc(C(=O)N3CCN(C(=O)OC(C)(C)C)[C@@H](C)C3)nc12. The van der Waals surface area contributed by atoms with Crippen LogP contribution in [0.1, 0.15) is 63.5 Å². The van der Waals surface area contributed by atoms with Crippen molar-refractivity contribution in [3.05, 3.63) is 53.6 Å². The average Bonchev–Trinajstić information content (AvgIpc) is 3.21. The second-order valence-electron chi connectivity index (χ2n) is 10.3. The standard InChI is InChI=1S/C26H32FN5O3/c1-16(2)20-13-21(18-7-9-19(27)10-8-18)29-32-15-22(28-23(20)32)24(33)30-11-12-31(17(3)14-30)25(34)35-26(4,5)6/h7-10,13,15-17H,11-12,14H2,1-6H3/t17-/m0/s1. The monoisotopic (exact) mass is 481 g/mol. The quantitative estimate of drug-likeness (QED) is 0.540. The summed E-state index contributed by atoms with van der Waals surface area (Å²) < 4.78 is 20.5. The van der Waals surface area contributed by atoms with Crippen LogP contribution in [0.15, 0.2) is 36.5 Å². The Morgan fingerprint density at radius 3 is 2.43 bits per heavy atom. The Labute approximate surface area is 204 Å². The first-order valence-electron chi connectivity index (χ1n) is 11.9. The molecule has 0 N–H and O–H groups in total. The maximum Gasteiger partial charge on any atom is 0.410 e. The number of halogens is 1. The first-order valence-corrected chi connectivity index (χ1v) is 11.9. The van der Waals surface area contributed by atoms with E-state index in [9.17, 15) is 14.0 Å². The van der Waals surface area contributed by atoms with E-state index in [2.05, 4.69) is 23.9 Å². The summed E-state index contributed by atoms with van der Waals surface area (Å²) in [6.45, 7) is 12.7. The number of hydrogen-bond acceptors (Lipinski definition) is 5. The second-order valence-corrected chi connectivity index (χ2v) is 10.3. The third-order valence-corrected chi connectivity index (χ3v) is 5.98. The Morgan fingerprint density at radius 1 is 1.14 bits per heavy atom. The van der Waals surface area contributed by atoms with Crippen molar-refractivity contribution in [1.29, 1.82) is 0 Å². The lowest BCUT2D eigenvalue weighted by Crippen LogP contribution is -2.56. The summed E-state index contributed by atoms with van der Waals surface area (Å²) in [5.74, 6) is -0.373. The molecule has 1 saturated heterocycles. The van der Waals surface area contributed by atoms with Gasteiger partial charge in [-0.05, 0) is 63.9 Å². The fraction of sp³-hybridized carbons (Fsp3) is 0.462. The Morgan fingerprint density at radius 2 is 1.83 bits per heavy atom. The molecule has 9 heteroatoms. The van der Waals surface area contributed by atoms with Gasteiger partial charge in [-0.1, -0.05) is 13.8 Å². The van der Waals surface area contributed by atoms with Crippen LogP contribution in [0.4, 0.5) is 9.18 Å². The Balaban J connectivity index is 1.58. The van der Waals surface area contributed by atoms with Crippen molar-refractivity contribution in [3.63, 3.8) is 0 Å². The van der Waals surface area contributed by atoms with Crippen molar-refractivity contribution in [1.82, 2.24) is 24.4 Å². The number of imidazole rings is 1. The van der Waals surface area contributed by atoms with E-state index in [1.807, 2.05) is 33.8 Å². The molecule has 2 amide bonds. The molecule has 35 heavy (non-hydrogen) atoms. The molecule has 3 heterocycles. The highest BCUT2D eigenvalue weighted by atomic mass is 19.1. The van der Waals surface area contributed by atoms with E-state index in [-0.39, 0.29) is 29.8 Å².